The minimum Gasteiger partial charge on any atom is -0.354 e. The number of nitrogens with one attached hydrogen (secondary N) is 2. The number of nitrogens with zero attached hydrogens (tertiary/aromatic N) is 4. The topological polar surface area (TPSA) is 111 Å². The fraction of sp³-hybridized carbons (Fsp3) is 0.500. The van der Waals surface area contributed by atoms with E-state index in [2.05, 4.69) is 20.7 Å². The van der Waals surface area contributed by atoms with Gasteiger partial charge in [-0.25, -0.2) is 4.79 Å². The molecule has 1 aliphatic rings. The molecule has 9 heteroatoms. The van der Waals surface area contributed by atoms with Crippen LogP contribution in [0.4, 0.5) is 4.79 Å². The molecule has 0 aromatic carbocycles. The van der Waals surface area contributed by atoms with Crippen molar-refractivity contribution in [1.29, 1.82) is 0 Å². The van der Waals surface area contributed by atoms with E-state index < -0.39 is 6.03 Å². The zero-order valence-electron chi connectivity index (χ0n) is 10.4. The van der Waals surface area contributed by atoms with E-state index in [0.29, 0.717) is 13.0 Å². The quantitative estimate of drug-likeness (QED) is 0.621. The Morgan fingerprint density at radius 3 is 2.89 bits per heavy atom. The average molecular weight is 266 g/mol. The van der Waals surface area contributed by atoms with Crippen molar-refractivity contribution < 1.29 is 14.4 Å². The van der Waals surface area contributed by atoms with E-state index in [1.807, 2.05) is 0 Å². The van der Waals surface area contributed by atoms with Crippen LogP contribution in [0, 0.1) is 0 Å². The number of carbonyl (C=O) groups is 3. The van der Waals surface area contributed by atoms with Gasteiger partial charge in [0.25, 0.3) is 5.91 Å². The third-order valence-corrected chi connectivity index (χ3v) is 2.70. The van der Waals surface area contributed by atoms with Gasteiger partial charge in [0.15, 0.2) is 0 Å². The highest BCUT2D eigenvalue weighted by molar-refractivity contribution is 6.04. The number of amides is 4. The van der Waals surface area contributed by atoms with Gasteiger partial charge >= 0.3 is 6.03 Å². The molecular weight excluding hydrogens is 252 g/mol. The van der Waals surface area contributed by atoms with Crippen molar-refractivity contribution in [3.05, 3.63) is 11.9 Å². The van der Waals surface area contributed by atoms with Crippen LogP contribution >= 0.6 is 0 Å². The second-order valence-electron chi connectivity index (χ2n) is 4.18. The molecule has 102 valence electrons. The van der Waals surface area contributed by atoms with E-state index in [0.717, 1.165) is 10.6 Å². The third-order valence-electron chi connectivity index (χ3n) is 2.70. The standard InChI is InChI=1S/C10H14N6O3/c1-15-6-9(18)16(10(15)19)5-8(17)11-3-2-7-4-12-14-13-7/h4H,2-3,5-6H2,1H3,(H,11,17)(H,12,13,14). The van der Waals surface area contributed by atoms with Crippen LogP contribution in [-0.2, 0) is 16.0 Å². The smallest absolute Gasteiger partial charge is 0.327 e. The molecule has 2 heterocycles. The van der Waals surface area contributed by atoms with Crippen LogP contribution in [0.3, 0.4) is 0 Å². The van der Waals surface area contributed by atoms with E-state index >= 15 is 0 Å². The van der Waals surface area contributed by atoms with Crippen molar-refractivity contribution in [2.24, 2.45) is 0 Å². The normalized spacial score (nSPS) is 15.2. The first kappa shape index (κ1) is 13.0. The van der Waals surface area contributed by atoms with Crippen LogP contribution in [0.2, 0.25) is 0 Å². The number of rotatable bonds is 5. The Morgan fingerprint density at radius 1 is 1.53 bits per heavy atom. The summed E-state index contributed by atoms with van der Waals surface area (Å²) in [5.41, 5.74) is 0.730. The van der Waals surface area contributed by atoms with Gasteiger partial charge in [-0.05, 0) is 0 Å². The van der Waals surface area contributed by atoms with Crippen molar-refractivity contribution in [2.75, 3.05) is 26.7 Å². The molecule has 4 amide bonds. The molecule has 0 atom stereocenters. The number of aromatic amines is 1. The Labute approximate surface area is 108 Å². The van der Waals surface area contributed by atoms with Crippen molar-refractivity contribution >= 4 is 17.8 Å². The molecule has 0 aliphatic carbocycles. The largest absolute Gasteiger partial charge is 0.354 e. The molecule has 0 bridgehead atoms. The molecule has 1 fully saturated rings. The molecule has 0 radical (unpaired) electrons. The second-order valence-corrected chi connectivity index (χ2v) is 4.18. The number of likely N-dealkylation sites (N-methyl/N-ethyl adjacent to an activating group) is 1. The molecule has 0 saturated carbocycles. The SMILES string of the molecule is CN1CC(=O)N(CC(=O)NCCc2cn[nH]n2)C1=O. The van der Waals surface area contributed by atoms with Crippen molar-refractivity contribution in [1.82, 2.24) is 30.5 Å². The maximum Gasteiger partial charge on any atom is 0.327 e. The highest BCUT2D eigenvalue weighted by atomic mass is 16.2. The summed E-state index contributed by atoms with van der Waals surface area (Å²) in [6.45, 7) is 0.142. The minimum atomic E-state index is -0.448. The van der Waals surface area contributed by atoms with Crippen LogP contribution < -0.4 is 5.32 Å². The zero-order chi connectivity index (χ0) is 13.8. The summed E-state index contributed by atoms with van der Waals surface area (Å²) in [6, 6.07) is -0.448. The van der Waals surface area contributed by atoms with Gasteiger partial charge in [0, 0.05) is 20.0 Å². The number of aromatic nitrogens is 3. The van der Waals surface area contributed by atoms with Crippen LogP contribution in [0.1, 0.15) is 5.69 Å². The lowest BCUT2D eigenvalue weighted by Gasteiger charge is -2.13. The molecule has 19 heavy (non-hydrogen) atoms. The third kappa shape index (κ3) is 3.06. The average Bonchev–Trinajstić information content (AvgIpc) is 2.94. The van der Waals surface area contributed by atoms with Gasteiger partial charge in [-0.15, -0.1) is 0 Å². The Kier molecular flexibility index (Phi) is 3.74. The summed E-state index contributed by atoms with van der Waals surface area (Å²) in [4.78, 5) is 36.8. The van der Waals surface area contributed by atoms with Crippen LogP contribution in [0.5, 0.6) is 0 Å². The molecule has 1 aromatic heterocycles. The maximum atomic E-state index is 11.6. The number of hydrogen-bond donors (Lipinski definition) is 2. The maximum absolute atomic E-state index is 11.6. The number of urea groups is 1. The molecule has 0 spiro atoms. The number of carbonyl (C=O) groups excluding carboxylic acids is 3. The molecule has 1 aromatic rings. The van der Waals surface area contributed by atoms with Gasteiger partial charge in [0.05, 0.1) is 11.9 Å². The van der Waals surface area contributed by atoms with Crippen molar-refractivity contribution in [3.8, 4) is 0 Å². The van der Waals surface area contributed by atoms with Crippen LogP contribution in [-0.4, -0.2) is 69.7 Å². The lowest BCUT2D eigenvalue weighted by Crippen LogP contribution is -2.41. The Morgan fingerprint density at radius 2 is 2.32 bits per heavy atom. The zero-order valence-corrected chi connectivity index (χ0v) is 10.4. The summed E-state index contributed by atoms with van der Waals surface area (Å²) in [6.07, 6.45) is 2.10. The molecule has 1 aliphatic heterocycles. The summed E-state index contributed by atoms with van der Waals surface area (Å²) in [7, 11) is 1.52. The first-order valence-corrected chi connectivity index (χ1v) is 5.74. The van der Waals surface area contributed by atoms with E-state index in [4.69, 9.17) is 0 Å². The number of imide groups is 1. The lowest BCUT2D eigenvalue weighted by atomic mass is 10.3. The van der Waals surface area contributed by atoms with Gasteiger partial charge in [-0.3, -0.25) is 14.5 Å². The Hall–Kier alpha value is -2.45. The highest BCUT2D eigenvalue weighted by Gasteiger charge is 2.34. The second kappa shape index (κ2) is 5.46. The van der Waals surface area contributed by atoms with Gasteiger partial charge < -0.3 is 10.2 Å². The van der Waals surface area contributed by atoms with E-state index in [1.165, 1.54) is 11.9 Å². The van der Waals surface area contributed by atoms with Gasteiger partial charge in [-0.1, -0.05) is 0 Å². The van der Waals surface area contributed by atoms with Gasteiger partial charge in [0.1, 0.15) is 13.1 Å². The van der Waals surface area contributed by atoms with Gasteiger partial charge in [-0.2, -0.15) is 15.4 Å². The molecular formula is C10H14N6O3. The van der Waals surface area contributed by atoms with Crippen LogP contribution in [0.15, 0.2) is 6.20 Å². The fourth-order valence-electron chi connectivity index (χ4n) is 1.70. The summed E-state index contributed by atoms with van der Waals surface area (Å²) in [5.74, 6) is -0.736. The molecule has 9 nitrogen and oxygen atoms in total. The summed E-state index contributed by atoms with van der Waals surface area (Å²) < 4.78 is 0. The molecule has 2 N–H and O–H groups in total. The first-order chi connectivity index (χ1) is 9.08. The molecule has 2 rings (SSSR count). The van der Waals surface area contributed by atoms with E-state index in [-0.39, 0.29) is 24.9 Å². The highest BCUT2D eigenvalue weighted by Crippen LogP contribution is 2.06. The summed E-state index contributed by atoms with van der Waals surface area (Å²) >= 11 is 0. The predicted molar refractivity (Wildman–Crippen MR) is 62.8 cm³/mol. The predicted octanol–water partition coefficient (Wildman–Crippen LogP) is -1.64. The number of H-pyrrole nitrogens is 1. The van der Waals surface area contributed by atoms with Crippen molar-refractivity contribution in [2.45, 2.75) is 6.42 Å². The lowest BCUT2D eigenvalue weighted by molar-refractivity contribution is -0.130. The first-order valence-electron chi connectivity index (χ1n) is 5.74. The van der Waals surface area contributed by atoms with Crippen LogP contribution in [0.25, 0.3) is 0 Å². The Balaban J connectivity index is 1.75. The Bertz CT molecular complexity index is 485. The summed E-state index contributed by atoms with van der Waals surface area (Å²) in [5, 5.41) is 12.6. The van der Waals surface area contributed by atoms with Crippen molar-refractivity contribution in [3.63, 3.8) is 0 Å². The van der Waals surface area contributed by atoms with E-state index in [1.54, 1.807) is 6.20 Å². The molecule has 1 saturated heterocycles. The minimum absolute atomic E-state index is 0.0189. The monoisotopic (exact) mass is 266 g/mol. The van der Waals surface area contributed by atoms with Gasteiger partial charge in [0.2, 0.25) is 5.91 Å². The van der Waals surface area contributed by atoms with E-state index in [9.17, 15) is 14.4 Å². The number of hydrogen-bond acceptors (Lipinski definition) is 5. The molecule has 0 unspecified atom stereocenters. The fourth-order valence-corrected chi connectivity index (χ4v) is 1.70.